The molecule has 1 aromatic rings. The predicted molar refractivity (Wildman–Crippen MR) is 83.2 cm³/mol. The van der Waals surface area contributed by atoms with E-state index in [1.54, 1.807) is 13.8 Å². The number of carbonyl (C=O) groups excluding carboxylic acids is 1. The van der Waals surface area contributed by atoms with Gasteiger partial charge in [0.1, 0.15) is 5.69 Å². The maximum atomic E-state index is 11.8. The van der Waals surface area contributed by atoms with Crippen LogP contribution >= 0.6 is 11.8 Å². The second-order valence-electron chi connectivity index (χ2n) is 4.17. The number of thioether (sulfide) groups is 1. The van der Waals surface area contributed by atoms with Gasteiger partial charge in [0.05, 0.1) is 17.4 Å². The lowest BCUT2D eigenvalue weighted by molar-refractivity contribution is -0.139. The number of anilines is 1. The second-order valence-corrected chi connectivity index (χ2v) is 5.34. The van der Waals surface area contributed by atoms with E-state index in [-0.39, 0.29) is 23.2 Å². The van der Waals surface area contributed by atoms with Gasteiger partial charge in [-0.1, -0.05) is 11.8 Å². The van der Waals surface area contributed by atoms with E-state index in [0.717, 1.165) is 16.3 Å². The highest BCUT2D eigenvalue weighted by Crippen LogP contribution is 2.18. The molecule has 9 heteroatoms. The van der Waals surface area contributed by atoms with Gasteiger partial charge in [0.15, 0.2) is 5.82 Å². The number of aliphatic imine (C=N–C) groups is 1. The van der Waals surface area contributed by atoms with Crippen molar-refractivity contribution in [1.82, 2.24) is 9.13 Å². The van der Waals surface area contributed by atoms with Gasteiger partial charge >= 0.3 is 11.7 Å². The first kappa shape index (κ1) is 17.0. The minimum absolute atomic E-state index is 0.0805. The summed E-state index contributed by atoms with van der Waals surface area (Å²) in [5, 5.41) is 0.498. The van der Waals surface area contributed by atoms with Crippen LogP contribution in [0.2, 0.25) is 0 Å². The molecule has 0 fully saturated rings. The lowest BCUT2D eigenvalue weighted by Gasteiger charge is -2.09. The Hall–Kier alpha value is -2.03. The van der Waals surface area contributed by atoms with Crippen molar-refractivity contribution in [2.45, 2.75) is 13.8 Å². The highest BCUT2D eigenvalue weighted by atomic mass is 32.2. The fraction of sp³-hybridized carbons (Fsp3) is 0.500. The number of esters is 1. The SMILES string of the molecule is CCOC(=O)CSC(C)=Nc1c(N)c(=O)n(C)c(=O)n1C. The summed E-state index contributed by atoms with van der Waals surface area (Å²) in [4.78, 5) is 39.0. The first-order valence-corrected chi connectivity index (χ1v) is 7.17. The molecule has 21 heavy (non-hydrogen) atoms. The molecule has 116 valence electrons. The van der Waals surface area contributed by atoms with Crippen LogP contribution in [0.25, 0.3) is 0 Å². The number of nitrogens with two attached hydrogens (primary N) is 1. The van der Waals surface area contributed by atoms with E-state index < -0.39 is 11.2 Å². The Bertz CT molecular complexity index is 652. The summed E-state index contributed by atoms with van der Waals surface area (Å²) in [6, 6.07) is 0. The fourth-order valence-electron chi connectivity index (χ4n) is 1.54. The van der Waals surface area contributed by atoms with Crippen molar-refractivity contribution in [3.05, 3.63) is 20.8 Å². The smallest absolute Gasteiger partial charge is 0.332 e. The highest BCUT2D eigenvalue weighted by molar-refractivity contribution is 8.14. The molecule has 0 amide bonds. The lowest BCUT2D eigenvalue weighted by Crippen LogP contribution is -2.38. The van der Waals surface area contributed by atoms with Gasteiger partial charge in [0.25, 0.3) is 5.56 Å². The van der Waals surface area contributed by atoms with Crippen LogP contribution in [0.1, 0.15) is 13.8 Å². The lowest BCUT2D eigenvalue weighted by atomic mass is 10.4. The molecule has 0 saturated carbocycles. The average molecular weight is 314 g/mol. The Balaban J connectivity index is 3.07. The standard InChI is InChI=1S/C12H18N4O4S/c1-5-20-8(17)6-21-7(2)14-10-9(13)11(18)16(4)12(19)15(10)3/h5-6,13H2,1-4H3. The Morgan fingerprint density at radius 3 is 2.52 bits per heavy atom. The fourth-order valence-corrected chi connectivity index (χ4v) is 2.10. The van der Waals surface area contributed by atoms with Gasteiger partial charge in [-0.3, -0.25) is 18.7 Å². The van der Waals surface area contributed by atoms with Crippen LogP contribution in [-0.2, 0) is 23.6 Å². The Morgan fingerprint density at radius 1 is 1.33 bits per heavy atom. The molecular formula is C12H18N4O4S. The summed E-state index contributed by atoms with van der Waals surface area (Å²) in [7, 11) is 2.82. The van der Waals surface area contributed by atoms with Crippen molar-refractivity contribution in [2.24, 2.45) is 19.1 Å². The third-order valence-corrected chi connectivity index (χ3v) is 3.52. The van der Waals surface area contributed by atoms with E-state index in [4.69, 9.17) is 10.5 Å². The van der Waals surface area contributed by atoms with Gasteiger partial charge in [0, 0.05) is 14.1 Å². The average Bonchev–Trinajstić information content (AvgIpc) is 2.46. The number of hydrogen-bond acceptors (Lipinski definition) is 7. The molecule has 0 atom stereocenters. The molecule has 0 aromatic carbocycles. The third kappa shape index (κ3) is 3.97. The summed E-state index contributed by atoms with van der Waals surface area (Å²) in [6.45, 7) is 3.69. The number of nitrogens with zero attached hydrogens (tertiary/aromatic N) is 3. The summed E-state index contributed by atoms with van der Waals surface area (Å²) in [5.41, 5.74) is 4.47. The molecule has 1 aromatic heterocycles. The van der Waals surface area contributed by atoms with Gasteiger partial charge in [-0.05, 0) is 13.8 Å². The number of hydrogen-bond donors (Lipinski definition) is 1. The molecule has 0 radical (unpaired) electrons. The van der Waals surface area contributed by atoms with Gasteiger partial charge in [0.2, 0.25) is 0 Å². The zero-order valence-corrected chi connectivity index (χ0v) is 13.2. The van der Waals surface area contributed by atoms with Gasteiger partial charge < -0.3 is 10.5 Å². The van der Waals surface area contributed by atoms with Crippen LogP contribution in [0.4, 0.5) is 11.5 Å². The van der Waals surface area contributed by atoms with E-state index >= 15 is 0 Å². The third-order valence-electron chi connectivity index (χ3n) is 2.64. The minimum atomic E-state index is -0.597. The molecule has 0 aliphatic heterocycles. The van der Waals surface area contributed by atoms with Crippen molar-refractivity contribution in [3.8, 4) is 0 Å². The maximum Gasteiger partial charge on any atom is 0.332 e. The monoisotopic (exact) mass is 314 g/mol. The van der Waals surface area contributed by atoms with E-state index in [1.807, 2.05) is 0 Å². The first-order chi connectivity index (χ1) is 9.79. The number of carbonyl (C=O) groups is 1. The normalized spacial score (nSPS) is 11.5. The number of ether oxygens (including phenoxy) is 1. The van der Waals surface area contributed by atoms with Crippen molar-refractivity contribution in [1.29, 1.82) is 0 Å². The number of rotatable bonds is 4. The van der Waals surface area contributed by atoms with Gasteiger partial charge in [-0.15, -0.1) is 0 Å². The van der Waals surface area contributed by atoms with Crippen molar-refractivity contribution in [3.63, 3.8) is 0 Å². The molecule has 1 rings (SSSR count). The molecule has 0 unspecified atom stereocenters. The maximum absolute atomic E-state index is 11.8. The molecule has 0 aliphatic rings. The Morgan fingerprint density at radius 2 is 1.95 bits per heavy atom. The summed E-state index contributed by atoms with van der Waals surface area (Å²) >= 11 is 1.15. The number of nitrogen functional groups attached to an aromatic ring is 1. The topological polar surface area (TPSA) is 109 Å². The molecule has 8 nitrogen and oxygen atoms in total. The molecule has 0 spiro atoms. The van der Waals surface area contributed by atoms with Crippen molar-refractivity contribution >= 4 is 34.3 Å². The van der Waals surface area contributed by atoms with E-state index in [9.17, 15) is 14.4 Å². The van der Waals surface area contributed by atoms with Crippen molar-refractivity contribution < 1.29 is 9.53 Å². The quantitative estimate of drug-likeness (QED) is 0.476. The summed E-state index contributed by atoms with van der Waals surface area (Å²) in [6.07, 6.45) is 0. The molecule has 2 N–H and O–H groups in total. The Kier molecular flexibility index (Phi) is 5.77. The van der Waals surface area contributed by atoms with Gasteiger partial charge in [-0.2, -0.15) is 0 Å². The van der Waals surface area contributed by atoms with Crippen LogP contribution in [0.15, 0.2) is 14.6 Å². The Labute approximate surface area is 125 Å². The van der Waals surface area contributed by atoms with Crippen molar-refractivity contribution in [2.75, 3.05) is 18.1 Å². The zero-order chi connectivity index (χ0) is 16.2. The summed E-state index contributed by atoms with van der Waals surface area (Å²) in [5.74, 6) is -0.179. The summed E-state index contributed by atoms with van der Waals surface area (Å²) < 4.78 is 6.89. The molecular weight excluding hydrogens is 296 g/mol. The predicted octanol–water partition coefficient (Wildman–Crippen LogP) is 0.0124. The van der Waals surface area contributed by atoms with Crippen LogP contribution in [-0.4, -0.2) is 32.5 Å². The molecule has 1 heterocycles. The molecule has 0 aliphatic carbocycles. The van der Waals surface area contributed by atoms with Crippen LogP contribution in [0.5, 0.6) is 0 Å². The number of aromatic nitrogens is 2. The minimum Gasteiger partial charge on any atom is -0.465 e. The first-order valence-electron chi connectivity index (χ1n) is 6.18. The van der Waals surface area contributed by atoms with E-state index in [0.29, 0.717) is 11.7 Å². The van der Waals surface area contributed by atoms with Gasteiger partial charge in [-0.25, -0.2) is 9.79 Å². The largest absolute Gasteiger partial charge is 0.465 e. The zero-order valence-electron chi connectivity index (χ0n) is 12.4. The van der Waals surface area contributed by atoms with Crippen LogP contribution < -0.4 is 17.0 Å². The molecule has 0 bridgehead atoms. The van der Waals surface area contributed by atoms with E-state index in [2.05, 4.69) is 4.99 Å². The van der Waals surface area contributed by atoms with E-state index in [1.165, 1.54) is 18.7 Å². The second kappa shape index (κ2) is 7.11. The molecule has 0 saturated heterocycles. The van der Waals surface area contributed by atoms with Crippen LogP contribution in [0, 0.1) is 0 Å². The van der Waals surface area contributed by atoms with Crippen LogP contribution in [0.3, 0.4) is 0 Å². The highest BCUT2D eigenvalue weighted by Gasteiger charge is 2.13.